The molecule has 3 nitrogen and oxygen atoms in total. The van der Waals surface area contributed by atoms with E-state index in [-0.39, 0.29) is 5.91 Å². The Balaban J connectivity index is 1.74. The van der Waals surface area contributed by atoms with E-state index >= 15 is 0 Å². The number of carbonyl (C=O) groups excluding carboxylic acids is 1. The molecule has 1 aromatic rings. The minimum absolute atomic E-state index is 0.118. The summed E-state index contributed by atoms with van der Waals surface area (Å²) in [5, 5.41) is 0. The second-order valence-corrected chi connectivity index (χ2v) is 7.00. The number of nitrogens with zero attached hydrogens (tertiary/aromatic N) is 2. The van der Waals surface area contributed by atoms with Gasteiger partial charge in [0, 0.05) is 35.0 Å². The van der Waals surface area contributed by atoms with E-state index in [1.807, 2.05) is 23.1 Å². The van der Waals surface area contributed by atoms with Crippen molar-refractivity contribution in [3.05, 3.63) is 28.2 Å². The van der Waals surface area contributed by atoms with Crippen molar-refractivity contribution in [1.29, 1.82) is 0 Å². The number of piperidine rings is 1. The number of hydrogen-bond acceptors (Lipinski definition) is 3. The zero-order valence-electron chi connectivity index (χ0n) is 11.4. The first-order valence-corrected chi connectivity index (χ1v) is 8.41. The third-order valence-corrected chi connectivity index (χ3v) is 5.18. The Labute approximate surface area is 133 Å². The summed E-state index contributed by atoms with van der Waals surface area (Å²) in [6, 6.07) is 6.21. The molecule has 1 aromatic carbocycles. The summed E-state index contributed by atoms with van der Waals surface area (Å²) in [5.41, 5.74) is 0.709. The van der Waals surface area contributed by atoms with Gasteiger partial charge in [-0.15, -0.1) is 12.6 Å². The average molecular weight is 355 g/mol. The molecule has 0 N–H and O–H groups in total. The Morgan fingerprint density at radius 3 is 2.90 bits per heavy atom. The Morgan fingerprint density at radius 2 is 2.10 bits per heavy atom. The largest absolute Gasteiger partial charge is 0.336 e. The van der Waals surface area contributed by atoms with Gasteiger partial charge < -0.3 is 4.90 Å². The van der Waals surface area contributed by atoms with Crippen LogP contribution in [0.15, 0.2) is 27.6 Å². The molecule has 1 amide bonds. The molecule has 2 heterocycles. The van der Waals surface area contributed by atoms with Gasteiger partial charge in [-0.25, -0.2) is 0 Å². The molecule has 0 aromatic heterocycles. The fourth-order valence-electron chi connectivity index (χ4n) is 3.20. The summed E-state index contributed by atoms with van der Waals surface area (Å²) in [6.07, 6.45) is 3.81. The first-order valence-electron chi connectivity index (χ1n) is 7.17. The number of benzene rings is 1. The molecule has 3 rings (SSSR count). The van der Waals surface area contributed by atoms with E-state index in [9.17, 15) is 4.79 Å². The summed E-state index contributed by atoms with van der Waals surface area (Å²) in [5.74, 6) is 0.118. The number of fused-ring (bicyclic) bond motifs is 1. The molecular formula is C15H19BrN2OS. The molecule has 1 atom stereocenters. The molecule has 2 aliphatic heterocycles. The fourth-order valence-corrected chi connectivity index (χ4v) is 4.04. The van der Waals surface area contributed by atoms with Crippen LogP contribution in [0.2, 0.25) is 0 Å². The summed E-state index contributed by atoms with van der Waals surface area (Å²) in [6.45, 7) is 3.90. The van der Waals surface area contributed by atoms with E-state index in [0.717, 1.165) is 29.0 Å². The van der Waals surface area contributed by atoms with Gasteiger partial charge in [-0.05, 0) is 37.6 Å². The first-order chi connectivity index (χ1) is 9.65. The monoisotopic (exact) mass is 354 g/mol. The van der Waals surface area contributed by atoms with E-state index in [2.05, 4.69) is 33.5 Å². The standard InChI is InChI=1S/C15H19BrN2OS/c16-11-4-5-13(14(20)9-11)15(19)18-8-7-17-6-2-1-3-12(17)10-18/h4-5,9,12,20H,1-3,6-8,10H2. The van der Waals surface area contributed by atoms with Gasteiger partial charge in [-0.1, -0.05) is 22.4 Å². The molecule has 2 aliphatic rings. The number of halogens is 1. The van der Waals surface area contributed by atoms with E-state index in [0.29, 0.717) is 11.6 Å². The number of amides is 1. The van der Waals surface area contributed by atoms with Crippen LogP contribution in [-0.4, -0.2) is 47.9 Å². The molecule has 0 saturated carbocycles. The molecule has 20 heavy (non-hydrogen) atoms. The molecule has 0 spiro atoms. The Bertz CT molecular complexity index is 523. The topological polar surface area (TPSA) is 23.6 Å². The zero-order chi connectivity index (χ0) is 14.1. The van der Waals surface area contributed by atoms with Crippen molar-refractivity contribution in [2.75, 3.05) is 26.2 Å². The van der Waals surface area contributed by atoms with Crippen LogP contribution in [0, 0.1) is 0 Å². The van der Waals surface area contributed by atoms with Gasteiger partial charge in [-0.3, -0.25) is 9.69 Å². The summed E-state index contributed by atoms with van der Waals surface area (Å²) < 4.78 is 0.955. The minimum Gasteiger partial charge on any atom is -0.336 e. The highest BCUT2D eigenvalue weighted by atomic mass is 79.9. The maximum Gasteiger partial charge on any atom is 0.255 e. The highest BCUT2D eigenvalue weighted by Crippen LogP contribution is 2.25. The second kappa shape index (κ2) is 6.08. The van der Waals surface area contributed by atoms with Gasteiger partial charge in [0.1, 0.15) is 0 Å². The van der Waals surface area contributed by atoms with Crippen LogP contribution in [0.4, 0.5) is 0 Å². The molecule has 1 unspecified atom stereocenters. The lowest BCUT2D eigenvalue weighted by molar-refractivity contribution is 0.0370. The van der Waals surface area contributed by atoms with Gasteiger partial charge in [0.15, 0.2) is 0 Å². The van der Waals surface area contributed by atoms with E-state index in [1.54, 1.807) is 0 Å². The van der Waals surface area contributed by atoms with Crippen LogP contribution in [0.5, 0.6) is 0 Å². The smallest absolute Gasteiger partial charge is 0.255 e. The SMILES string of the molecule is O=C(c1ccc(Br)cc1S)N1CCN2CCCCC2C1. The number of carbonyl (C=O) groups is 1. The number of piperazine rings is 1. The second-order valence-electron chi connectivity index (χ2n) is 5.60. The molecular weight excluding hydrogens is 336 g/mol. The molecule has 0 radical (unpaired) electrons. The van der Waals surface area contributed by atoms with E-state index < -0.39 is 0 Å². The quantitative estimate of drug-likeness (QED) is 0.783. The normalized spacial score (nSPS) is 23.5. The summed E-state index contributed by atoms with van der Waals surface area (Å²) in [7, 11) is 0. The molecule has 0 bridgehead atoms. The molecule has 2 saturated heterocycles. The Kier molecular flexibility index (Phi) is 4.38. The number of hydrogen-bond donors (Lipinski definition) is 1. The van der Waals surface area contributed by atoms with Crippen molar-refractivity contribution in [2.24, 2.45) is 0 Å². The maximum atomic E-state index is 12.6. The van der Waals surface area contributed by atoms with Crippen molar-refractivity contribution in [2.45, 2.75) is 30.2 Å². The van der Waals surface area contributed by atoms with Crippen LogP contribution >= 0.6 is 28.6 Å². The van der Waals surface area contributed by atoms with Crippen LogP contribution < -0.4 is 0 Å². The first kappa shape index (κ1) is 14.4. The third kappa shape index (κ3) is 2.90. The number of rotatable bonds is 1. The van der Waals surface area contributed by atoms with Crippen LogP contribution in [0.3, 0.4) is 0 Å². The lowest BCUT2D eigenvalue weighted by Gasteiger charge is -2.44. The predicted molar refractivity (Wildman–Crippen MR) is 86.5 cm³/mol. The number of thiol groups is 1. The highest BCUT2D eigenvalue weighted by molar-refractivity contribution is 9.10. The van der Waals surface area contributed by atoms with Crippen molar-refractivity contribution >= 4 is 34.5 Å². The van der Waals surface area contributed by atoms with Gasteiger partial charge in [0.25, 0.3) is 5.91 Å². The van der Waals surface area contributed by atoms with Gasteiger partial charge in [0.2, 0.25) is 0 Å². The molecule has 2 fully saturated rings. The van der Waals surface area contributed by atoms with Gasteiger partial charge in [-0.2, -0.15) is 0 Å². The van der Waals surface area contributed by atoms with Crippen LogP contribution in [0.1, 0.15) is 29.6 Å². The van der Waals surface area contributed by atoms with E-state index in [1.165, 1.54) is 25.8 Å². The molecule has 5 heteroatoms. The molecule has 108 valence electrons. The lowest BCUT2D eigenvalue weighted by Crippen LogP contribution is -2.56. The third-order valence-electron chi connectivity index (χ3n) is 4.31. The molecule has 0 aliphatic carbocycles. The van der Waals surface area contributed by atoms with Crippen LogP contribution in [0.25, 0.3) is 0 Å². The van der Waals surface area contributed by atoms with Crippen molar-refractivity contribution in [3.8, 4) is 0 Å². The average Bonchev–Trinajstić information content (AvgIpc) is 2.46. The predicted octanol–water partition coefficient (Wildman–Crippen LogP) is 3.05. The zero-order valence-corrected chi connectivity index (χ0v) is 13.9. The Hall–Kier alpha value is -0.520. The van der Waals surface area contributed by atoms with Crippen molar-refractivity contribution in [1.82, 2.24) is 9.80 Å². The van der Waals surface area contributed by atoms with Crippen molar-refractivity contribution in [3.63, 3.8) is 0 Å². The lowest BCUT2D eigenvalue weighted by atomic mass is 9.99. The summed E-state index contributed by atoms with van der Waals surface area (Å²) in [4.78, 5) is 17.9. The fraction of sp³-hybridized carbons (Fsp3) is 0.533. The summed E-state index contributed by atoms with van der Waals surface area (Å²) >= 11 is 7.84. The van der Waals surface area contributed by atoms with E-state index in [4.69, 9.17) is 0 Å². The maximum absolute atomic E-state index is 12.6. The minimum atomic E-state index is 0.118. The van der Waals surface area contributed by atoms with Crippen LogP contribution in [-0.2, 0) is 0 Å². The Morgan fingerprint density at radius 1 is 1.25 bits per heavy atom. The van der Waals surface area contributed by atoms with Gasteiger partial charge in [0.05, 0.1) is 5.56 Å². The van der Waals surface area contributed by atoms with Crippen molar-refractivity contribution < 1.29 is 4.79 Å². The van der Waals surface area contributed by atoms with Gasteiger partial charge >= 0.3 is 0 Å². The highest BCUT2D eigenvalue weighted by Gasteiger charge is 2.31.